The molecule has 0 saturated carbocycles. The first-order valence-electron chi connectivity index (χ1n) is 9.52. The Kier molecular flexibility index (Phi) is 4.18. The summed E-state index contributed by atoms with van der Waals surface area (Å²) in [6.07, 6.45) is 4.16. The maximum absolute atomic E-state index is 12.9. The number of halogens is 1. The average Bonchev–Trinajstić information content (AvgIpc) is 3.29. The summed E-state index contributed by atoms with van der Waals surface area (Å²) in [5.74, 6) is 0.462. The van der Waals surface area contributed by atoms with Crippen molar-refractivity contribution in [2.75, 3.05) is 0 Å². The molecule has 0 radical (unpaired) electrons. The lowest BCUT2D eigenvalue weighted by molar-refractivity contribution is 0.774. The summed E-state index contributed by atoms with van der Waals surface area (Å²) in [6.45, 7) is 3.97. The highest BCUT2D eigenvalue weighted by atomic mass is 35.5. The first-order chi connectivity index (χ1) is 14.5. The molecule has 8 nitrogen and oxygen atoms in total. The third-order valence-electron chi connectivity index (χ3n) is 5.22. The van der Waals surface area contributed by atoms with Crippen molar-refractivity contribution < 1.29 is 0 Å². The number of H-pyrrole nitrogens is 2. The molecule has 2 N–H and O–H groups in total. The summed E-state index contributed by atoms with van der Waals surface area (Å²) in [4.78, 5) is 32.6. The van der Waals surface area contributed by atoms with Crippen LogP contribution in [0, 0.1) is 6.92 Å². The van der Waals surface area contributed by atoms with Crippen LogP contribution in [0.3, 0.4) is 0 Å². The summed E-state index contributed by atoms with van der Waals surface area (Å²) in [6, 6.07) is 5.32. The molecular weight excluding hydrogens is 402 g/mol. The quantitative estimate of drug-likeness (QED) is 0.433. The molecule has 5 aromatic rings. The lowest BCUT2D eigenvalue weighted by atomic mass is 10.1. The molecule has 0 amide bonds. The summed E-state index contributed by atoms with van der Waals surface area (Å²) in [5.41, 5.74) is 5.77. The molecule has 0 unspecified atom stereocenters. The van der Waals surface area contributed by atoms with Crippen LogP contribution < -0.4 is 5.56 Å². The molecule has 0 aliphatic carbocycles. The number of pyridine rings is 3. The number of aryl methyl sites for hydroxylation is 3. The number of hydrogen-bond acceptors (Lipinski definition) is 5. The van der Waals surface area contributed by atoms with Gasteiger partial charge in [0.1, 0.15) is 16.5 Å². The van der Waals surface area contributed by atoms with Crippen LogP contribution in [-0.4, -0.2) is 34.7 Å². The zero-order chi connectivity index (χ0) is 21.0. The van der Waals surface area contributed by atoms with Gasteiger partial charge in [-0.1, -0.05) is 18.5 Å². The van der Waals surface area contributed by atoms with E-state index in [0.717, 1.165) is 33.5 Å². The third-order valence-corrected chi connectivity index (χ3v) is 5.41. The van der Waals surface area contributed by atoms with Crippen LogP contribution in [0.25, 0.3) is 44.7 Å². The summed E-state index contributed by atoms with van der Waals surface area (Å²) < 4.78 is 1.78. The van der Waals surface area contributed by atoms with Crippen LogP contribution in [0.1, 0.15) is 18.2 Å². The molecule has 5 rings (SSSR count). The highest BCUT2D eigenvalue weighted by Crippen LogP contribution is 2.30. The Hall–Kier alpha value is -3.52. The first kappa shape index (κ1) is 18.5. The minimum Gasteiger partial charge on any atom is -0.338 e. The maximum Gasteiger partial charge on any atom is 0.259 e. The van der Waals surface area contributed by atoms with E-state index in [4.69, 9.17) is 11.6 Å². The van der Waals surface area contributed by atoms with Crippen LogP contribution in [0.2, 0.25) is 5.15 Å². The molecule has 150 valence electrons. The number of nitrogens with one attached hydrogen (secondary N) is 2. The Morgan fingerprint density at radius 3 is 2.73 bits per heavy atom. The number of rotatable bonds is 3. The largest absolute Gasteiger partial charge is 0.338 e. The van der Waals surface area contributed by atoms with E-state index < -0.39 is 0 Å². The van der Waals surface area contributed by atoms with Gasteiger partial charge in [0.2, 0.25) is 0 Å². The SMILES string of the molecule is CCc1nc(Cl)cc2[nH]c(-c3cc4c(-c5c(C)cnn5C)nccc4[nH]c3=O)nc12. The lowest BCUT2D eigenvalue weighted by Crippen LogP contribution is -2.10. The van der Waals surface area contributed by atoms with Gasteiger partial charge in [0, 0.05) is 24.7 Å². The van der Waals surface area contributed by atoms with Crippen LogP contribution in [0.5, 0.6) is 0 Å². The van der Waals surface area contributed by atoms with Crippen molar-refractivity contribution in [1.82, 2.24) is 34.7 Å². The van der Waals surface area contributed by atoms with E-state index in [1.54, 1.807) is 29.2 Å². The van der Waals surface area contributed by atoms with E-state index in [0.29, 0.717) is 34.0 Å². The Labute approximate surface area is 176 Å². The van der Waals surface area contributed by atoms with Crippen LogP contribution in [0.4, 0.5) is 0 Å². The molecule has 0 bridgehead atoms. The summed E-state index contributed by atoms with van der Waals surface area (Å²) >= 11 is 6.13. The van der Waals surface area contributed by atoms with Gasteiger partial charge in [-0.25, -0.2) is 9.97 Å². The second kappa shape index (κ2) is 6.77. The van der Waals surface area contributed by atoms with Gasteiger partial charge in [0.05, 0.1) is 39.9 Å². The Morgan fingerprint density at radius 2 is 2.00 bits per heavy atom. The van der Waals surface area contributed by atoms with E-state index in [9.17, 15) is 4.79 Å². The van der Waals surface area contributed by atoms with Crippen LogP contribution >= 0.6 is 11.6 Å². The second-order valence-corrected chi connectivity index (χ2v) is 7.55. The van der Waals surface area contributed by atoms with Gasteiger partial charge in [0.25, 0.3) is 5.56 Å². The number of nitrogens with zero attached hydrogens (tertiary/aromatic N) is 5. The van der Waals surface area contributed by atoms with Gasteiger partial charge < -0.3 is 9.97 Å². The van der Waals surface area contributed by atoms with E-state index in [1.807, 2.05) is 27.0 Å². The number of aromatic amines is 2. The van der Waals surface area contributed by atoms with E-state index in [2.05, 4.69) is 30.0 Å². The minimum atomic E-state index is -0.238. The summed E-state index contributed by atoms with van der Waals surface area (Å²) in [5, 5.41) is 5.52. The Morgan fingerprint density at radius 1 is 1.17 bits per heavy atom. The van der Waals surface area contributed by atoms with E-state index in [-0.39, 0.29) is 5.56 Å². The van der Waals surface area contributed by atoms with Crippen molar-refractivity contribution in [3.8, 4) is 22.8 Å². The Balaban J connectivity index is 1.79. The second-order valence-electron chi connectivity index (χ2n) is 7.16. The fraction of sp³-hybridized carbons (Fsp3) is 0.190. The fourth-order valence-electron chi connectivity index (χ4n) is 3.80. The van der Waals surface area contributed by atoms with Crippen molar-refractivity contribution in [2.24, 2.45) is 7.05 Å². The predicted molar refractivity (Wildman–Crippen MR) is 117 cm³/mol. The topological polar surface area (TPSA) is 105 Å². The average molecular weight is 420 g/mol. The van der Waals surface area contributed by atoms with Gasteiger partial charge in [-0.2, -0.15) is 5.10 Å². The zero-order valence-electron chi connectivity index (χ0n) is 16.6. The molecule has 0 saturated heterocycles. The monoisotopic (exact) mass is 419 g/mol. The first-order valence-corrected chi connectivity index (χ1v) is 9.90. The molecule has 0 aliphatic heterocycles. The van der Waals surface area contributed by atoms with Gasteiger partial charge in [-0.3, -0.25) is 14.5 Å². The van der Waals surface area contributed by atoms with Crippen LogP contribution in [-0.2, 0) is 13.5 Å². The third kappa shape index (κ3) is 2.80. The van der Waals surface area contributed by atoms with Crippen molar-refractivity contribution in [2.45, 2.75) is 20.3 Å². The Bertz CT molecular complexity index is 1480. The van der Waals surface area contributed by atoms with Crippen molar-refractivity contribution in [1.29, 1.82) is 0 Å². The van der Waals surface area contributed by atoms with Crippen molar-refractivity contribution >= 4 is 33.5 Å². The number of fused-ring (bicyclic) bond motifs is 2. The fourth-order valence-corrected chi connectivity index (χ4v) is 4.01. The van der Waals surface area contributed by atoms with Gasteiger partial charge in [-0.05, 0) is 31.0 Å². The summed E-state index contributed by atoms with van der Waals surface area (Å²) in [7, 11) is 1.87. The molecule has 5 aromatic heterocycles. The highest BCUT2D eigenvalue weighted by molar-refractivity contribution is 6.30. The van der Waals surface area contributed by atoms with Gasteiger partial charge >= 0.3 is 0 Å². The minimum absolute atomic E-state index is 0.238. The van der Waals surface area contributed by atoms with Gasteiger partial charge in [0.15, 0.2) is 0 Å². The van der Waals surface area contributed by atoms with Crippen molar-refractivity contribution in [3.63, 3.8) is 0 Å². The van der Waals surface area contributed by atoms with E-state index in [1.165, 1.54) is 0 Å². The number of imidazole rings is 1. The number of aromatic nitrogens is 7. The molecule has 0 spiro atoms. The van der Waals surface area contributed by atoms with Crippen molar-refractivity contribution in [3.05, 3.63) is 57.4 Å². The maximum atomic E-state index is 12.9. The smallest absolute Gasteiger partial charge is 0.259 e. The zero-order valence-corrected chi connectivity index (χ0v) is 17.4. The predicted octanol–water partition coefficient (Wildman–Crippen LogP) is 3.79. The van der Waals surface area contributed by atoms with Crippen LogP contribution in [0.15, 0.2) is 35.4 Å². The molecular formula is C21H18ClN7O. The lowest BCUT2D eigenvalue weighted by Gasteiger charge is -2.08. The molecule has 5 heterocycles. The molecule has 0 aromatic carbocycles. The van der Waals surface area contributed by atoms with Gasteiger partial charge in [-0.15, -0.1) is 0 Å². The highest BCUT2D eigenvalue weighted by Gasteiger charge is 2.18. The molecule has 0 aliphatic rings. The number of hydrogen-bond donors (Lipinski definition) is 2. The standard InChI is InChI=1S/C21H18ClN7O/c1-4-13-18-15(8-16(22)25-13)26-20(28-18)12-7-11-14(27-21(12)30)5-6-23-17(11)19-10(2)9-24-29(19)3/h5-9H,4H2,1-3H3,(H,26,28)(H,27,30). The van der Waals surface area contributed by atoms with E-state index >= 15 is 0 Å². The normalized spacial score (nSPS) is 11.6. The molecule has 0 fully saturated rings. The molecule has 30 heavy (non-hydrogen) atoms. The molecule has 9 heteroatoms. The molecule has 0 atom stereocenters.